The highest BCUT2D eigenvalue weighted by Gasteiger charge is 2.16. The molecule has 0 radical (unpaired) electrons. The van der Waals surface area contributed by atoms with Crippen molar-refractivity contribution in [2.75, 3.05) is 13.2 Å². The minimum absolute atomic E-state index is 0.0118. The van der Waals surface area contributed by atoms with Crippen molar-refractivity contribution in [1.82, 2.24) is 0 Å². The monoisotopic (exact) mass is 246 g/mol. The van der Waals surface area contributed by atoms with Gasteiger partial charge in [0.2, 0.25) is 0 Å². The van der Waals surface area contributed by atoms with E-state index in [1.807, 2.05) is 0 Å². The van der Waals surface area contributed by atoms with E-state index in [0.717, 1.165) is 0 Å². The van der Waals surface area contributed by atoms with Gasteiger partial charge in [-0.05, 0) is 23.8 Å². The first kappa shape index (κ1) is 11.3. The van der Waals surface area contributed by atoms with Crippen LogP contribution in [0.5, 0.6) is 11.5 Å². The fourth-order valence-electron chi connectivity index (χ4n) is 1.47. The molecule has 0 spiro atoms. The van der Waals surface area contributed by atoms with Crippen molar-refractivity contribution in [2.24, 2.45) is 0 Å². The normalized spacial score (nSPS) is 12.2. The van der Waals surface area contributed by atoms with Gasteiger partial charge >= 0.3 is 0 Å². The molecular formula is C12H7ClN2O2. The van der Waals surface area contributed by atoms with Gasteiger partial charge < -0.3 is 9.47 Å². The second kappa shape index (κ2) is 4.78. The van der Waals surface area contributed by atoms with Crippen LogP contribution in [-0.2, 0) is 0 Å². The average molecular weight is 247 g/mol. The molecule has 2 rings (SSSR count). The summed E-state index contributed by atoms with van der Waals surface area (Å²) >= 11 is 6.02. The van der Waals surface area contributed by atoms with Gasteiger partial charge in [-0.1, -0.05) is 11.6 Å². The molecule has 1 aliphatic rings. The first-order valence-electron chi connectivity index (χ1n) is 4.85. The fourth-order valence-corrected chi connectivity index (χ4v) is 1.74. The van der Waals surface area contributed by atoms with E-state index < -0.39 is 0 Å². The lowest BCUT2D eigenvalue weighted by Crippen LogP contribution is -2.15. The number of rotatable bonds is 1. The topological polar surface area (TPSA) is 66.0 Å². The maximum atomic E-state index is 8.67. The molecule has 1 heterocycles. The number of halogens is 1. The maximum Gasteiger partial charge on any atom is 0.179 e. The minimum Gasteiger partial charge on any atom is -0.486 e. The standard InChI is InChI=1S/C12H7ClN2O2/c13-10-4-8(3-9(6-14)7-15)5-11-12(10)17-2-1-16-11/h3-5H,1-2H2. The van der Waals surface area contributed by atoms with Crippen LogP contribution in [0.25, 0.3) is 6.08 Å². The largest absolute Gasteiger partial charge is 0.486 e. The van der Waals surface area contributed by atoms with Gasteiger partial charge in [-0.15, -0.1) is 0 Å². The van der Waals surface area contributed by atoms with E-state index in [9.17, 15) is 0 Å². The van der Waals surface area contributed by atoms with Gasteiger partial charge in [-0.25, -0.2) is 0 Å². The number of benzene rings is 1. The Balaban J connectivity index is 2.46. The van der Waals surface area contributed by atoms with Crippen LogP contribution in [0.3, 0.4) is 0 Å². The number of allylic oxidation sites excluding steroid dienone is 1. The third-order valence-corrected chi connectivity index (χ3v) is 2.45. The maximum absolute atomic E-state index is 8.67. The summed E-state index contributed by atoms with van der Waals surface area (Å²) in [6.45, 7) is 0.920. The van der Waals surface area contributed by atoms with E-state index in [0.29, 0.717) is 35.3 Å². The predicted molar refractivity (Wildman–Crippen MR) is 61.6 cm³/mol. The molecule has 0 unspecified atom stereocenters. The van der Waals surface area contributed by atoms with Gasteiger partial charge in [0.1, 0.15) is 30.9 Å². The summed E-state index contributed by atoms with van der Waals surface area (Å²) in [6, 6.07) is 6.89. The van der Waals surface area contributed by atoms with Gasteiger partial charge in [-0.3, -0.25) is 0 Å². The van der Waals surface area contributed by atoms with Crippen molar-refractivity contribution >= 4 is 17.7 Å². The van der Waals surface area contributed by atoms with Crippen molar-refractivity contribution in [3.8, 4) is 23.6 Å². The molecule has 84 valence electrons. The van der Waals surface area contributed by atoms with Gasteiger partial charge in [0, 0.05) is 0 Å². The Morgan fingerprint density at radius 2 is 1.94 bits per heavy atom. The number of fused-ring (bicyclic) bond motifs is 1. The van der Waals surface area contributed by atoms with Gasteiger partial charge in [-0.2, -0.15) is 10.5 Å². The van der Waals surface area contributed by atoms with Crippen molar-refractivity contribution < 1.29 is 9.47 Å². The Labute approximate surface area is 103 Å². The van der Waals surface area contributed by atoms with E-state index in [-0.39, 0.29) is 5.57 Å². The van der Waals surface area contributed by atoms with E-state index in [1.165, 1.54) is 6.08 Å². The van der Waals surface area contributed by atoms with Crippen molar-refractivity contribution in [3.63, 3.8) is 0 Å². The molecule has 0 saturated carbocycles. The second-order valence-corrected chi connectivity index (χ2v) is 3.72. The quantitative estimate of drug-likeness (QED) is 0.714. The van der Waals surface area contributed by atoms with E-state index >= 15 is 0 Å². The lowest BCUT2D eigenvalue weighted by molar-refractivity contribution is 0.171. The number of nitriles is 2. The van der Waals surface area contributed by atoms with Gasteiger partial charge in [0.15, 0.2) is 11.5 Å². The van der Waals surface area contributed by atoms with Crippen LogP contribution >= 0.6 is 11.6 Å². The molecule has 0 aromatic heterocycles. The van der Waals surface area contributed by atoms with Gasteiger partial charge in [0.05, 0.1) is 5.02 Å². The van der Waals surface area contributed by atoms with E-state index in [4.69, 9.17) is 31.6 Å². The first-order valence-corrected chi connectivity index (χ1v) is 5.23. The summed E-state index contributed by atoms with van der Waals surface area (Å²) in [5.74, 6) is 1.04. The molecular weight excluding hydrogens is 240 g/mol. The van der Waals surface area contributed by atoms with Crippen LogP contribution in [0, 0.1) is 22.7 Å². The SMILES string of the molecule is N#CC(C#N)=Cc1cc(Cl)c2c(c1)OCCO2. The van der Waals surface area contributed by atoms with Crippen molar-refractivity contribution in [2.45, 2.75) is 0 Å². The highest BCUT2D eigenvalue weighted by atomic mass is 35.5. The van der Waals surface area contributed by atoms with Crippen LogP contribution in [0.2, 0.25) is 5.02 Å². The molecule has 5 heteroatoms. The van der Waals surface area contributed by atoms with Crippen LogP contribution in [0.15, 0.2) is 17.7 Å². The molecule has 1 aliphatic heterocycles. The van der Waals surface area contributed by atoms with Crippen molar-refractivity contribution in [1.29, 1.82) is 10.5 Å². The molecule has 0 N–H and O–H groups in total. The lowest BCUT2D eigenvalue weighted by Gasteiger charge is -2.19. The summed E-state index contributed by atoms with van der Waals surface area (Å²) < 4.78 is 10.7. The lowest BCUT2D eigenvalue weighted by atomic mass is 10.1. The molecule has 1 aromatic carbocycles. The van der Waals surface area contributed by atoms with E-state index in [1.54, 1.807) is 24.3 Å². The summed E-state index contributed by atoms with van der Waals surface area (Å²) in [6.07, 6.45) is 1.45. The molecule has 0 saturated heterocycles. The highest BCUT2D eigenvalue weighted by molar-refractivity contribution is 6.32. The van der Waals surface area contributed by atoms with E-state index in [2.05, 4.69) is 0 Å². The molecule has 1 aromatic rings. The Morgan fingerprint density at radius 3 is 2.65 bits per heavy atom. The number of ether oxygens (including phenoxy) is 2. The second-order valence-electron chi connectivity index (χ2n) is 3.31. The zero-order valence-corrected chi connectivity index (χ0v) is 9.49. The average Bonchev–Trinajstić information content (AvgIpc) is 2.36. The fraction of sp³-hybridized carbons (Fsp3) is 0.167. The molecule has 0 bridgehead atoms. The summed E-state index contributed by atoms with van der Waals surface area (Å²) in [7, 11) is 0. The Morgan fingerprint density at radius 1 is 1.24 bits per heavy atom. The Hall–Kier alpha value is -2.17. The Bertz CT molecular complexity index is 551. The van der Waals surface area contributed by atoms with Crippen LogP contribution in [0.1, 0.15) is 5.56 Å². The summed E-state index contributed by atoms with van der Waals surface area (Å²) in [4.78, 5) is 0. The smallest absolute Gasteiger partial charge is 0.179 e. The molecule has 4 nitrogen and oxygen atoms in total. The molecule has 0 aliphatic carbocycles. The molecule has 0 amide bonds. The number of nitrogens with zero attached hydrogens (tertiary/aromatic N) is 2. The third kappa shape index (κ3) is 2.33. The number of hydrogen-bond acceptors (Lipinski definition) is 4. The number of hydrogen-bond donors (Lipinski definition) is 0. The third-order valence-electron chi connectivity index (χ3n) is 2.17. The minimum atomic E-state index is 0.0118. The van der Waals surface area contributed by atoms with Crippen LogP contribution in [0.4, 0.5) is 0 Å². The zero-order valence-electron chi connectivity index (χ0n) is 8.74. The Kier molecular flexibility index (Phi) is 3.18. The highest BCUT2D eigenvalue weighted by Crippen LogP contribution is 2.38. The van der Waals surface area contributed by atoms with Crippen molar-refractivity contribution in [3.05, 3.63) is 28.3 Å². The summed E-state index contributed by atoms with van der Waals surface area (Å²) in [5.41, 5.74) is 0.648. The molecule has 0 fully saturated rings. The van der Waals surface area contributed by atoms with Crippen LogP contribution in [-0.4, -0.2) is 13.2 Å². The van der Waals surface area contributed by atoms with Crippen LogP contribution < -0.4 is 9.47 Å². The van der Waals surface area contributed by atoms with Gasteiger partial charge in [0.25, 0.3) is 0 Å². The predicted octanol–water partition coefficient (Wildman–Crippen LogP) is 2.54. The molecule has 17 heavy (non-hydrogen) atoms. The summed E-state index contributed by atoms with van der Waals surface area (Å²) in [5, 5.41) is 17.7. The molecule has 0 atom stereocenters. The first-order chi connectivity index (χ1) is 8.24. The zero-order chi connectivity index (χ0) is 12.3.